The summed E-state index contributed by atoms with van der Waals surface area (Å²) in [5, 5.41) is 20.9. The number of carbonyl (C=O) groups is 1. The fraction of sp³-hybridized carbons (Fsp3) is 0.115. The van der Waals surface area contributed by atoms with Crippen LogP contribution >= 0.6 is 0 Å². The molecule has 0 saturated heterocycles. The number of aromatic nitrogens is 3. The van der Waals surface area contributed by atoms with Gasteiger partial charge in [-0.05, 0) is 43.7 Å². The number of nitrogens with one attached hydrogen (secondary N) is 2. The van der Waals surface area contributed by atoms with Crippen LogP contribution in [0.5, 0.6) is 5.75 Å². The molecule has 3 N–H and O–H groups in total. The Labute approximate surface area is 191 Å². The standard InChI is InChI=1S/C26H23N5O2/c1-16-8-6-9-18(14-16)23-22(25(33)28-20-11-4-3-5-12-20)17(2)27-26-29-24(30-31(23)26)19-10-7-13-21(32)15-19/h3-15,23,32H,1-2H3,(H,28,33)(H,27,29,30). The Hall–Kier alpha value is -4.39. The van der Waals surface area contributed by atoms with Crippen molar-refractivity contribution in [3.63, 3.8) is 0 Å². The van der Waals surface area contributed by atoms with Gasteiger partial charge >= 0.3 is 0 Å². The van der Waals surface area contributed by atoms with E-state index in [-0.39, 0.29) is 11.7 Å². The van der Waals surface area contributed by atoms with Crippen LogP contribution in [0.3, 0.4) is 0 Å². The first-order chi connectivity index (χ1) is 16.0. The van der Waals surface area contributed by atoms with E-state index in [1.54, 1.807) is 22.9 Å². The van der Waals surface area contributed by atoms with Crippen LogP contribution < -0.4 is 10.6 Å². The van der Waals surface area contributed by atoms with Crippen molar-refractivity contribution in [3.05, 3.63) is 101 Å². The maximum Gasteiger partial charge on any atom is 0.255 e. The minimum Gasteiger partial charge on any atom is -0.508 e. The zero-order valence-corrected chi connectivity index (χ0v) is 18.3. The van der Waals surface area contributed by atoms with Crippen molar-refractivity contribution in [1.82, 2.24) is 14.8 Å². The number of phenolic OH excluding ortho intramolecular Hbond substituents is 1. The number of aryl methyl sites for hydroxylation is 1. The number of rotatable bonds is 4. The molecule has 0 fully saturated rings. The van der Waals surface area contributed by atoms with E-state index in [1.165, 1.54) is 0 Å². The van der Waals surface area contributed by atoms with Gasteiger partial charge in [0.05, 0.1) is 5.57 Å². The van der Waals surface area contributed by atoms with Gasteiger partial charge in [0, 0.05) is 16.9 Å². The summed E-state index contributed by atoms with van der Waals surface area (Å²) in [6.07, 6.45) is 0. The topological polar surface area (TPSA) is 92.1 Å². The number of para-hydroxylation sites is 1. The van der Waals surface area contributed by atoms with E-state index in [2.05, 4.69) is 21.7 Å². The molecule has 3 aromatic carbocycles. The molecule has 7 heteroatoms. The van der Waals surface area contributed by atoms with E-state index >= 15 is 0 Å². The largest absolute Gasteiger partial charge is 0.508 e. The van der Waals surface area contributed by atoms with Crippen LogP contribution in [0.15, 0.2) is 90.1 Å². The number of benzene rings is 3. The highest BCUT2D eigenvalue weighted by Gasteiger charge is 2.34. The SMILES string of the molecule is CC1=C(C(=O)Nc2ccccc2)C(c2cccc(C)c2)n2nc(-c3cccc(O)c3)nc2N1. The number of amides is 1. The lowest BCUT2D eigenvalue weighted by atomic mass is 9.94. The lowest BCUT2D eigenvalue weighted by Gasteiger charge is -2.29. The second kappa shape index (κ2) is 8.27. The molecule has 0 bridgehead atoms. The van der Waals surface area contributed by atoms with Crippen molar-refractivity contribution in [1.29, 1.82) is 0 Å². The number of hydrogen-bond donors (Lipinski definition) is 3. The average Bonchev–Trinajstić information content (AvgIpc) is 3.22. The summed E-state index contributed by atoms with van der Waals surface area (Å²) in [6, 6.07) is 23.7. The van der Waals surface area contributed by atoms with Gasteiger partial charge in [0.25, 0.3) is 5.91 Å². The van der Waals surface area contributed by atoms with Gasteiger partial charge in [0.1, 0.15) is 11.8 Å². The molecule has 2 heterocycles. The van der Waals surface area contributed by atoms with Crippen molar-refractivity contribution >= 4 is 17.5 Å². The second-order valence-corrected chi connectivity index (χ2v) is 8.05. The maximum atomic E-state index is 13.5. The first-order valence-corrected chi connectivity index (χ1v) is 10.7. The minimum absolute atomic E-state index is 0.140. The highest BCUT2D eigenvalue weighted by Crippen LogP contribution is 2.37. The van der Waals surface area contributed by atoms with Gasteiger partial charge in [-0.2, -0.15) is 4.98 Å². The molecule has 5 rings (SSSR count). The van der Waals surface area contributed by atoms with E-state index in [4.69, 9.17) is 5.10 Å². The maximum absolute atomic E-state index is 13.5. The summed E-state index contributed by atoms with van der Waals surface area (Å²) < 4.78 is 1.74. The van der Waals surface area contributed by atoms with Crippen LogP contribution in [0.25, 0.3) is 11.4 Å². The van der Waals surface area contributed by atoms with E-state index < -0.39 is 6.04 Å². The predicted molar refractivity (Wildman–Crippen MR) is 128 cm³/mol. The van der Waals surface area contributed by atoms with Crippen molar-refractivity contribution in [2.24, 2.45) is 0 Å². The van der Waals surface area contributed by atoms with E-state index in [9.17, 15) is 9.90 Å². The van der Waals surface area contributed by atoms with Gasteiger partial charge in [-0.25, -0.2) is 4.68 Å². The van der Waals surface area contributed by atoms with Crippen LogP contribution in [0.1, 0.15) is 24.1 Å². The first-order valence-electron chi connectivity index (χ1n) is 10.7. The fourth-order valence-electron chi connectivity index (χ4n) is 4.08. The van der Waals surface area contributed by atoms with Crippen LogP contribution in [0, 0.1) is 6.92 Å². The molecule has 4 aromatic rings. The summed E-state index contributed by atoms with van der Waals surface area (Å²) in [6.45, 7) is 3.89. The lowest BCUT2D eigenvalue weighted by Crippen LogP contribution is -2.31. The monoisotopic (exact) mass is 437 g/mol. The third-order valence-electron chi connectivity index (χ3n) is 5.59. The van der Waals surface area contributed by atoms with Gasteiger partial charge < -0.3 is 15.7 Å². The Morgan fingerprint density at radius 3 is 2.55 bits per heavy atom. The first kappa shape index (κ1) is 20.5. The number of hydrogen-bond acceptors (Lipinski definition) is 5. The number of nitrogens with zero attached hydrogens (tertiary/aromatic N) is 3. The number of aromatic hydroxyl groups is 1. The zero-order chi connectivity index (χ0) is 22.9. The second-order valence-electron chi connectivity index (χ2n) is 8.05. The van der Waals surface area contributed by atoms with E-state index in [0.29, 0.717) is 28.6 Å². The Balaban J connectivity index is 1.62. The molecule has 1 aromatic heterocycles. The Kier molecular flexibility index (Phi) is 5.14. The van der Waals surface area contributed by atoms with Crippen molar-refractivity contribution in [2.45, 2.75) is 19.9 Å². The van der Waals surface area contributed by atoms with Gasteiger partial charge in [-0.1, -0.05) is 60.2 Å². The molecule has 0 spiro atoms. The third kappa shape index (κ3) is 3.96. The number of anilines is 2. The van der Waals surface area contributed by atoms with E-state index in [0.717, 1.165) is 16.8 Å². The van der Waals surface area contributed by atoms with E-state index in [1.807, 2.05) is 68.4 Å². The van der Waals surface area contributed by atoms with Gasteiger partial charge in [-0.3, -0.25) is 4.79 Å². The van der Waals surface area contributed by atoms with Crippen LogP contribution in [0.4, 0.5) is 11.6 Å². The molecule has 1 atom stereocenters. The Morgan fingerprint density at radius 2 is 1.79 bits per heavy atom. The highest BCUT2D eigenvalue weighted by atomic mass is 16.3. The normalized spacial score (nSPS) is 15.0. The summed E-state index contributed by atoms with van der Waals surface area (Å²) in [4.78, 5) is 18.1. The summed E-state index contributed by atoms with van der Waals surface area (Å²) in [5.41, 5.74) is 4.69. The quantitative estimate of drug-likeness (QED) is 0.423. The fourth-order valence-corrected chi connectivity index (χ4v) is 4.08. The molecule has 164 valence electrons. The molecule has 1 amide bonds. The number of carbonyl (C=O) groups excluding carboxylic acids is 1. The summed E-state index contributed by atoms with van der Waals surface area (Å²) in [5.74, 6) is 0.927. The molecule has 0 radical (unpaired) electrons. The van der Waals surface area contributed by atoms with Crippen LogP contribution in [-0.2, 0) is 4.79 Å². The molecule has 1 aliphatic heterocycles. The molecule has 1 unspecified atom stereocenters. The third-order valence-corrected chi connectivity index (χ3v) is 5.59. The Morgan fingerprint density at radius 1 is 1.00 bits per heavy atom. The zero-order valence-electron chi connectivity index (χ0n) is 18.3. The lowest BCUT2D eigenvalue weighted by molar-refractivity contribution is -0.113. The Bertz CT molecular complexity index is 1370. The smallest absolute Gasteiger partial charge is 0.255 e. The highest BCUT2D eigenvalue weighted by molar-refractivity contribution is 6.06. The molecular weight excluding hydrogens is 414 g/mol. The molecule has 7 nitrogen and oxygen atoms in total. The van der Waals surface area contributed by atoms with Crippen molar-refractivity contribution < 1.29 is 9.90 Å². The van der Waals surface area contributed by atoms with Gasteiger partial charge in [0.2, 0.25) is 5.95 Å². The molecule has 0 aliphatic carbocycles. The van der Waals surface area contributed by atoms with Crippen LogP contribution in [0.2, 0.25) is 0 Å². The minimum atomic E-state index is -0.469. The number of allylic oxidation sites excluding steroid dienone is 1. The van der Waals surface area contributed by atoms with Crippen molar-refractivity contribution in [2.75, 3.05) is 10.6 Å². The average molecular weight is 438 g/mol. The number of phenols is 1. The van der Waals surface area contributed by atoms with Gasteiger partial charge in [-0.15, -0.1) is 5.10 Å². The molecular formula is C26H23N5O2. The molecule has 33 heavy (non-hydrogen) atoms. The summed E-state index contributed by atoms with van der Waals surface area (Å²) >= 11 is 0. The van der Waals surface area contributed by atoms with Crippen LogP contribution in [-0.4, -0.2) is 25.8 Å². The summed E-state index contributed by atoms with van der Waals surface area (Å²) in [7, 11) is 0. The predicted octanol–water partition coefficient (Wildman–Crippen LogP) is 4.89. The van der Waals surface area contributed by atoms with Gasteiger partial charge in [0.15, 0.2) is 5.82 Å². The number of fused-ring (bicyclic) bond motifs is 1. The molecule has 0 saturated carbocycles. The van der Waals surface area contributed by atoms with Crippen molar-refractivity contribution in [3.8, 4) is 17.1 Å². The molecule has 1 aliphatic rings.